The van der Waals surface area contributed by atoms with E-state index in [1.54, 1.807) is 0 Å². The molecule has 0 atom stereocenters. The standard InChI is InChI=1S/C12H18N10OS/c1-21-2-4-22(5-3-21)11-17-9(16-10(18-11)20-14)19-12-15-6-7(24-12)8(13)23/h6H,2-5,14H2,1H3,(H2,13,23)(H2,15,16,17,18,19,20). The van der Waals surface area contributed by atoms with E-state index >= 15 is 0 Å². The van der Waals surface area contributed by atoms with Gasteiger partial charge in [0.15, 0.2) is 5.13 Å². The van der Waals surface area contributed by atoms with Crippen LogP contribution in [0.2, 0.25) is 0 Å². The summed E-state index contributed by atoms with van der Waals surface area (Å²) >= 11 is 1.12. The van der Waals surface area contributed by atoms with Crippen LogP contribution >= 0.6 is 11.3 Å². The molecule has 0 aromatic carbocycles. The molecular formula is C12H18N10OS. The average molecular weight is 350 g/mol. The number of piperazine rings is 1. The molecule has 6 N–H and O–H groups in total. The van der Waals surface area contributed by atoms with Gasteiger partial charge in [-0.2, -0.15) is 15.0 Å². The fourth-order valence-electron chi connectivity index (χ4n) is 2.17. The summed E-state index contributed by atoms with van der Waals surface area (Å²) in [5.41, 5.74) is 7.66. The van der Waals surface area contributed by atoms with Gasteiger partial charge in [-0.25, -0.2) is 10.8 Å². The number of amides is 1. The fourth-order valence-corrected chi connectivity index (χ4v) is 2.84. The molecule has 11 nitrogen and oxygen atoms in total. The molecule has 0 saturated carbocycles. The highest BCUT2D eigenvalue weighted by Gasteiger charge is 2.19. The van der Waals surface area contributed by atoms with Crippen molar-refractivity contribution in [3.05, 3.63) is 11.1 Å². The predicted molar refractivity (Wildman–Crippen MR) is 91.3 cm³/mol. The van der Waals surface area contributed by atoms with E-state index in [0.717, 1.165) is 37.5 Å². The summed E-state index contributed by atoms with van der Waals surface area (Å²) in [5.74, 6) is 5.98. The van der Waals surface area contributed by atoms with E-state index in [2.05, 4.69) is 47.5 Å². The number of hydrogen-bond acceptors (Lipinski definition) is 11. The molecule has 1 aliphatic rings. The number of likely N-dealkylation sites (N-methyl/N-ethyl adjacent to an activating group) is 1. The average Bonchev–Trinajstić information content (AvgIpc) is 3.04. The normalized spacial score (nSPS) is 15.3. The fraction of sp³-hybridized carbons (Fsp3) is 0.417. The highest BCUT2D eigenvalue weighted by Crippen LogP contribution is 2.22. The van der Waals surface area contributed by atoms with Crippen LogP contribution in [0.5, 0.6) is 0 Å². The van der Waals surface area contributed by atoms with Gasteiger partial charge < -0.3 is 15.5 Å². The summed E-state index contributed by atoms with van der Waals surface area (Å²) in [5, 5.41) is 3.41. The summed E-state index contributed by atoms with van der Waals surface area (Å²) in [6, 6.07) is 0. The Kier molecular flexibility index (Phi) is 4.69. The van der Waals surface area contributed by atoms with Crippen molar-refractivity contribution in [2.24, 2.45) is 11.6 Å². The van der Waals surface area contributed by atoms with Crippen LogP contribution < -0.4 is 27.2 Å². The Labute approximate surface area is 142 Å². The molecule has 0 unspecified atom stereocenters. The highest BCUT2D eigenvalue weighted by molar-refractivity contribution is 7.17. The molecule has 0 aliphatic carbocycles. The van der Waals surface area contributed by atoms with Crippen LogP contribution in [0, 0.1) is 0 Å². The molecule has 128 valence electrons. The second-order valence-corrected chi connectivity index (χ2v) is 6.27. The number of nitrogens with zero attached hydrogens (tertiary/aromatic N) is 6. The summed E-state index contributed by atoms with van der Waals surface area (Å²) in [6.45, 7) is 3.47. The van der Waals surface area contributed by atoms with Crippen molar-refractivity contribution in [2.75, 3.05) is 48.9 Å². The van der Waals surface area contributed by atoms with Crippen LogP contribution in [-0.4, -0.2) is 64.0 Å². The number of carbonyl (C=O) groups is 1. The Hall–Kier alpha value is -2.57. The van der Waals surface area contributed by atoms with Gasteiger partial charge in [-0.1, -0.05) is 11.3 Å². The monoisotopic (exact) mass is 350 g/mol. The molecule has 0 spiro atoms. The molecule has 12 heteroatoms. The smallest absolute Gasteiger partial charge is 0.260 e. The van der Waals surface area contributed by atoms with Gasteiger partial charge in [0.2, 0.25) is 17.8 Å². The summed E-state index contributed by atoms with van der Waals surface area (Å²) in [6.07, 6.45) is 1.40. The predicted octanol–water partition coefficient (Wildman–Crippen LogP) is -0.792. The maximum absolute atomic E-state index is 11.1. The lowest BCUT2D eigenvalue weighted by molar-refractivity contribution is 0.100. The molecule has 3 heterocycles. The molecule has 2 aromatic heterocycles. The zero-order valence-electron chi connectivity index (χ0n) is 13.1. The van der Waals surface area contributed by atoms with Gasteiger partial charge in [-0.15, -0.1) is 0 Å². The first kappa shape index (κ1) is 16.3. The van der Waals surface area contributed by atoms with Crippen molar-refractivity contribution < 1.29 is 4.79 Å². The van der Waals surface area contributed by atoms with E-state index in [9.17, 15) is 4.79 Å². The minimum absolute atomic E-state index is 0.244. The van der Waals surface area contributed by atoms with Crippen molar-refractivity contribution in [2.45, 2.75) is 0 Å². The lowest BCUT2D eigenvalue weighted by Gasteiger charge is -2.32. The van der Waals surface area contributed by atoms with Crippen LogP contribution in [0.3, 0.4) is 0 Å². The SMILES string of the molecule is CN1CCN(c2nc(NN)nc(Nc3ncc(C(N)=O)s3)n2)CC1. The topological polar surface area (TPSA) is 151 Å². The van der Waals surface area contributed by atoms with E-state index in [4.69, 9.17) is 11.6 Å². The number of nitrogens with one attached hydrogen (secondary N) is 2. The molecule has 2 aromatic rings. The first-order valence-corrected chi connectivity index (χ1v) is 8.05. The first-order valence-electron chi connectivity index (χ1n) is 7.24. The van der Waals surface area contributed by atoms with Gasteiger partial charge in [0.05, 0.1) is 6.20 Å². The second kappa shape index (κ2) is 6.90. The molecular weight excluding hydrogens is 332 g/mol. The van der Waals surface area contributed by atoms with Crippen LogP contribution in [0.25, 0.3) is 0 Å². The molecule has 0 bridgehead atoms. The number of anilines is 4. The van der Waals surface area contributed by atoms with Gasteiger partial charge in [0, 0.05) is 26.2 Å². The van der Waals surface area contributed by atoms with Crippen molar-refractivity contribution in [3.63, 3.8) is 0 Å². The van der Waals surface area contributed by atoms with Crippen LogP contribution in [-0.2, 0) is 0 Å². The van der Waals surface area contributed by atoms with Crippen LogP contribution in [0.1, 0.15) is 9.67 Å². The van der Waals surface area contributed by atoms with Crippen molar-refractivity contribution in [3.8, 4) is 0 Å². The summed E-state index contributed by atoms with van der Waals surface area (Å²) in [4.78, 5) is 32.7. The maximum atomic E-state index is 11.1. The minimum Gasteiger partial charge on any atom is -0.365 e. The Balaban J connectivity index is 1.81. The number of nitrogen functional groups attached to an aromatic ring is 1. The Morgan fingerprint density at radius 3 is 2.54 bits per heavy atom. The van der Waals surface area contributed by atoms with E-state index < -0.39 is 5.91 Å². The number of nitrogens with two attached hydrogens (primary N) is 2. The van der Waals surface area contributed by atoms with Gasteiger partial charge in [0.25, 0.3) is 5.91 Å². The van der Waals surface area contributed by atoms with Crippen LogP contribution in [0.15, 0.2) is 6.20 Å². The molecule has 1 fully saturated rings. The number of aromatic nitrogens is 4. The minimum atomic E-state index is -0.529. The third-order valence-electron chi connectivity index (χ3n) is 3.51. The maximum Gasteiger partial charge on any atom is 0.260 e. The number of rotatable bonds is 5. The van der Waals surface area contributed by atoms with E-state index in [-0.39, 0.29) is 11.9 Å². The van der Waals surface area contributed by atoms with Crippen molar-refractivity contribution in [1.82, 2.24) is 24.8 Å². The molecule has 0 radical (unpaired) electrons. The zero-order chi connectivity index (χ0) is 17.1. The van der Waals surface area contributed by atoms with Gasteiger partial charge >= 0.3 is 0 Å². The Morgan fingerprint density at radius 2 is 1.92 bits per heavy atom. The lowest BCUT2D eigenvalue weighted by atomic mass is 10.3. The molecule has 1 aliphatic heterocycles. The summed E-state index contributed by atoms with van der Waals surface area (Å²) in [7, 11) is 2.07. The number of hydrazine groups is 1. The van der Waals surface area contributed by atoms with E-state index in [1.807, 2.05) is 0 Å². The first-order chi connectivity index (χ1) is 11.5. The number of carbonyl (C=O) groups excluding carboxylic acids is 1. The molecule has 1 saturated heterocycles. The van der Waals surface area contributed by atoms with Crippen molar-refractivity contribution in [1.29, 1.82) is 0 Å². The third-order valence-corrected chi connectivity index (χ3v) is 4.43. The Bertz CT molecular complexity index is 726. The number of thiazole rings is 1. The molecule has 1 amide bonds. The number of hydrogen-bond donors (Lipinski definition) is 4. The van der Waals surface area contributed by atoms with Crippen LogP contribution in [0.4, 0.5) is 23.0 Å². The molecule has 24 heavy (non-hydrogen) atoms. The van der Waals surface area contributed by atoms with Gasteiger partial charge in [-0.3, -0.25) is 15.5 Å². The van der Waals surface area contributed by atoms with E-state index in [1.165, 1.54) is 6.20 Å². The lowest BCUT2D eigenvalue weighted by Crippen LogP contribution is -2.45. The van der Waals surface area contributed by atoms with Gasteiger partial charge in [-0.05, 0) is 7.05 Å². The molecule has 3 rings (SSSR count). The summed E-state index contributed by atoms with van der Waals surface area (Å²) < 4.78 is 0. The largest absolute Gasteiger partial charge is 0.365 e. The zero-order valence-corrected chi connectivity index (χ0v) is 13.9. The second-order valence-electron chi connectivity index (χ2n) is 5.24. The van der Waals surface area contributed by atoms with Crippen molar-refractivity contribution >= 4 is 40.2 Å². The highest BCUT2D eigenvalue weighted by atomic mass is 32.1. The Morgan fingerprint density at radius 1 is 1.21 bits per heavy atom. The van der Waals surface area contributed by atoms with E-state index in [0.29, 0.717) is 16.0 Å². The quantitative estimate of drug-likeness (QED) is 0.399. The number of primary amides is 1. The van der Waals surface area contributed by atoms with Gasteiger partial charge in [0.1, 0.15) is 4.88 Å². The third kappa shape index (κ3) is 3.67.